The maximum Gasteiger partial charge on any atom is 0.205 e. The molecule has 0 saturated heterocycles. The molecule has 0 aliphatic carbocycles. The Labute approximate surface area is 218 Å². The zero-order valence-corrected chi connectivity index (χ0v) is 23.2. The summed E-state index contributed by atoms with van der Waals surface area (Å²) in [5, 5.41) is 14.0. The van der Waals surface area contributed by atoms with Crippen LogP contribution in [0, 0.1) is 12.3 Å². The van der Waals surface area contributed by atoms with Gasteiger partial charge < -0.3 is 19.1 Å². The molecule has 1 aliphatic heterocycles. The number of aryl methyl sites for hydroxylation is 1. The van der Waals surface area contributed by atoms with E-state index < -0.39 is 0 Å². The number of fused-ring (bicyclic) bond motifs is 1. The van der Waals surface area contributed by atoms with Crippen LogP contribution in [0.2, 0.25) is 0 Å². The van der Waals surface area contributed by atoms with E-state index in [2.05, 4.69) is 74.8 Å². The number of aromatic nitrogens is 3. The second-order valence-corrected chi connectivity index (χ2v) is 9.87. The van der Waals surface area contributed by atoms with Gasteiger partial charge in [-0.2, -0.15) is 9.78 Å². The summed E-state index contributed by atoms with van der Waals surface area (Å²) in [7, 11) is 4.79. The Morgan fingerprint density at radius 1 is 0.919 bits per heavy atom. The SMILES string of the molecule is CCN(CC)c1ccc(/N=C2/C(C(C)(C)C)=Nn3c2nnc3-c2cc(OC)cc(OC)c2OC)c(C)c1. The van der Waals surface area contributed by atoms with Crippen molar-refractivity contribution in [3.63, 3.8) is 0 Å². The summed E-state index contributed by atoms with van der Waals surface area (Å²) in [6.07, 6.45) is 0. The van der Waals surface area contributed by atoms with Crippen molar-refractivity contribution >= 4 is 22.8 Å². The lowest BCUT2D eigenvalue weighted by molar-refractivity contribution is 0.350. The van der Waals surface area contributed by atoms with E-state index in [9.17, 15) is 0 Å². The lowest BCUT2D eigenvalue weighted by Crippen LogP contribution is -2.27. The van der Waals surface area contributed by atoms with Crippen LogP contribution < -0.4 is 19.1 Å². The minimum atomic E-state index is -0.276. The van der Waals surface area contributed by atoms with Gasteiger partial charge in [0.05, 0.1) is 38.3 Å². The molecule has 196 valence electrons. The van der Waals surface area contributed by atoms with Crippen LogP contribution in [-0.2, 0) is 0 Å². The van der Waals surface area contributed by atoms with Crippen LogP contribution in [-0.4, -0.2) is 60.7 Å². The number of aliphatic imine (C=N–C) groups is 1. The first-order valence-corrected chi connectivity index (χ1v) is 12.5. The van der Waals surface area contributed by atoms with Crippen molar-refractivity contribution in [2.75, 3.05) is 39.3 Å². The largest absolute Gasteiger partial charge is 0.497 e. The molecule has 9 nitrogen and oxygen atoms in total. The average molecular weight is 505 g/mol. The van der Waals surface area contributed by atoms with Gasteiger partial charge in [-0.3, -0.25) is 0 Å². The van der Waals surface area contributed by atoms with Crippen LogP contribution in [0.3, 0.4) is 0 Å². The molecule has 0 radical (unpaired) electrons. The van der Waals surface area contributed by atoms with E-state index in [1.165, 1.54) is 5.69 Å². The van der Waals surface area contributed by atoms with Crippen LogP contribution in [0.15, 0.2) is 40.4 Å². The van der Waals surface area contributed by atoms with Gasteiger partial charge in [0.1, 0.15) is 11.5 Å². The Bertz CT molecular complexity index is 1360. The zero-order valence-electron chi connectivity index (χ0n) is 23.2. The molecule has 3 aromatic rings. The van der Waals surface area contributed by atoms with Crippen molar-refractivity contribution in [3.05, 3.63) is 41.7 Å². The molecular weight excluding hydrogens is 468 g/mol. The molecule has 4 rings (SSSR count). The Morgan fingerprint density at radius 2 is 1.62 bits per heavy atom. The van der Waals surface area contributed by atoms with Crippen LogP contribution in [0.25, 0.3) is 11.4 Å². The molecule has 0 amide bonds. The van der Waals surface area contributed by atoms with Gasteiger partial charge in [0, 0.05) is 30.3 Å². The highest BCUT2D eigenvalue weighted by atomic mass is 16.5. The first kappa shape index (κ1) is 26.2. The summed E-state index contributed by atoms with van der Waals surface area (Å²) >= 11 is 0. The number of rotatable bonds is 8. The second kappa shape index (κ2) is 10.2. The Balaban J connectivity index is 1.88. The summed E-state index contributed by atoms with van der Waals surface area (Å²) in [5.74, 6) is 2.77. The second-order valence-electron chi connectivity index (χ2n) is 9.87. The van der Waals surface area contributed by atoms with E-state index in [4.69, 9.17) is 24.3 Å². The molecule has 1 aliphatic rings. The summed E-state index contributed by atoms with van der Waals surface area (Å²) < 4.78 is 18.5. The minimum Gasteiger partial charge on any atom is -0.497 e. The fourth-order valence-electron chi connectivity index (χ4n) is 4.45. The van der Waals surface area contributed by atoms with Crippen LogP contribution in [0.1, 0.15) is 46.0 Å². The fraction of sp³-hybridized carbons (Fsp3) is 0.429. The smallest absolute Gasteiger partial charge is 0.205 e. The minimum absolute atomic E-state index is 0.276. The van der Waals surface area contributed by atoms with Gasteiger partial charge in [0.2, 0.25) is 5.82 Å². The molecule has 37 heavy (non-hydrogen) atoms. The average Bonchev–Trinajstić information content (AvgIpc) is 3.45. The molecule has 1 aromatic heterocycles. The number of ether oxygens (including phenoxy) is 3. The van der Waals surface area contributed by atoms with Crippen molar-refractivity contribution in [2.24, 2.45) is 15.5 Å². The Morgan fingerprint density at radius 3 is 2.19 bits per heavy atom. The van der Waals surface area contributed by atoms with E-state index in [0.717, 1.165) is 30.1 Å². The first-order chi connectivity index (χ1) is 17.7. The number of anilines is 1. The molecule has 0 saturated carbocycles. The maximum absolute atomic E-state index is 5.69. The normalized spacial score (nSPS) is 14.0. The van der Waals surface area contributed by atoms with Gasteiger partial charge >= 0.3 is 0 Å². The van der Waals surface area contributed by atoms with Gasteiger partial charge in [0.25, 0.3) is 0 Å². The topological polar surface area (TPSA) is 86.4 Å². The lowest BCUT2D eigenvalue weighted by atomic mass is 9.87. The quantitative estimate of drug-likeness (QED) is 0.402. The van der Waals surface area contributed by atoms with Crippen LogP contribution in [0.5, 0.6) is 17.2 Å². The fourth-order valence-corrected chi connectivity index (χ4v) is 4.45. The number of hydrogen-bond acceptors (Lipinski definition) is 8. The van der Waals surface area contributed by atoms with Gasteiger partial charge in [-0.15, -0.1) is 10.2 Å². The van der Waals surface area contributed by atoms with E-state index >= 15 is 0 Å². The third-order valence-electron chi connectivity index (χ3n) is 6.46. The lowest BCUT2D eigenvalue weighted by Gasteiger charge is -2.22. The summed E-state index contributed by atoms with van der Waals surface area (Å²) in [4.78, 5) is 7.40. The number of benzene rings is 2. The van der Waals surface area contributed by atoms with E-state index in [0.29, 0.717) is 40.2 Å². The number of methoxy groups -OCH3 is 3. The summed E-state index contributed by atoms with van der Waals surface area (Å²) in [5.41, 5.74) is 5.08. The first-order valence-electron chi connectivity index (χ1n) is 12.5. The van der Waals surface area contributed by atoms with Crippen molar-refractivity contribution in [1.29, 1.82) is 0 Å². The molecular formula is C28H36N6O3. The van der Waals surface area contributed by atoms with Gasteiger partial charge in [-0.25, -0.2) is 4.99 Å². The Kier molecular flexibility index (Phi) is 7.25. The van der Waals surface area contributed by atoms with Crippen molar-refractivity contribution in [1.82, 2.24) is 14.9 Å². The molecule has 2 heterocycles. The standard InChI is InChI=1S/C28H36N6O3/c1-10-33(11-2)18-12-13-21(17(3)14-18)29-23-25(28(4,5)6)32-34-26(30-31-27(23)34)20-15-19(35-7)16-22(36-8)24(20)37-9/h12-16H,10-11H2,1-9H3/b29-23-. The molecule has 0 bridgehead atoms. The highest BCUT2D eigenvalue weighted by Gasteiger charge is 2.36. The number of nitrogens with zero attached hydrogens (tertiary/aromatic N) is 6. The van der Waals surface area contributed by atoms with E-state index in [1.54, 1.807) is 32.1 Å². The van der Waals surface area contributed by atoms with Gasteiger partial charge in [-0.1, -0.05) is 20.8 Å². The monoisotopic (exact) mass is 504 g/mol. The summed E-state index contributed by atoms with van der Waals surface area (Å²) in [6.45, 7) is 14.7. The van der Waals surface area contributed by atoms with Crippen molar-refractivity contribution in [3.8, 4) is 28.6 Å². The van der Waals surface area contributed by atoms with Crippen LogP contribution in [0.4, 0.5) is 11.4 Å². The van der Waals surface area contributed by atoms with Gasteiger partial charge in [0.15, 0.2) is 17.3 Å². The van der Waals surface area contributed by atoms with E-state index in [-0.39, 0.29) is 5.41 Å². The van der Waals surface area contributed by atoms with Gasteiger partial charge in [-0.05, 0) is 50.6 Å². The van der Waals surface area contributed by atoms with Crippen molar-refractivity contribution < 1.29 is 14.2 Å². The maximum atomic E-state index is 5.69. The number of hydrogen-bond donors (Lipinski definition) is 0. The molecule has 0 N–H and O–H groups in total. The highest BCUT2D eigenvalue weighted by Crippen LogP contribution is 2.42. The molecule has 0 spiro atoms. The molecule has 2 aromatic carbocycles. The molecule has 9 heteroatoms. The van der Waals surface area contributed by atoms with Crippen LogP contribution >= 0.6 is 0 Å². The molecule has 0 atom stereocenters. The predicted octanol–water partition coefficient (Wildman–Crippen LogP) is 5.51. The Hall–Kier alpha value is -3.88. The summed E-state index contributed by atoms with van der Waals surface area (Å²) in [6, 6.07) is 9.97. The highest BCUT2D eigenvalue weighted by molar-refractivity contribution is 6.50. The van der Waals surface area contributed by atoms with Crippen molar-refractivity contribution in [2.45, 2.75) is 41.5 Å². The zero-order chi connectivity index (χ0) is 26.9. The predicted molar refractivity (Wildman–Crippen MR) is 148 cm³/mol. The molecule has 0 fully saturated rings. The van der Waals surface area contributed by atoms with E-state index in [1.807, 2.05) is 6.07 Å². The molecule has 0 unspecified atom stereocenters. The third kappa shape index (κ3) is 4.77. The third-order valence-corrected chi connectivity index (χ3v) is 6.46.